The van der Waals surface area contributed by atoms with Crippen LogP contribution in [0.25, 0.3) is 0 Å². The van der Waals surface area contributed by atoms with Gasteiger partial charge in [-0.1, -0.05) is 18.2 Å². The van der Waals surface area contributed by atoms with Crippen LogP contribution in [0.1, 0.15) is 35.6 Å². The monoisotopic (exact) mass is 497 g/mol. The number of carbonyl (C=O) groups is 2. The van der Waals surface area contributed by atoms with E-state index in [2.05, 4.69) is 0 Å². The standard InChI is InChI=1S/C25H24FN3O5S/c1-28-24(19-7-6-17(15-27)13-22(19)35(32,33)11-10-34-2)23-20(8-9-21(23)30)29(25(28)31)18-5-3-4-16(12-18)14-26/h3-7,12-13,24H,8-11,14H2,1-2H3. The van der Waals surface area contributed by atoms with Crippen LogP contribution in [0, 0.1) is 11.3 Å². The zero-order valence-corrected chi connectivity index (χ0v) is 20.1. The number of anilines is 1. The first-order valence-electron chi connectivity index (χ1n) is 11.0. The summed E-state index contributed by atoms with van der Waals surface area (Å²) < 4.78 is 44.6. The van der Waals surface area contributed by atoms with Gasteiger partial charge in [0.2, 0.25) is 0 Å². The minimum atomic E-state index is -3.90. The number of carbonyl (C=O) groups excluding carboxylic acids is 2. The summed E-state index contributed by atoms with van der Waals surface area (Å²) in [5, 5.41) is 9.36. The van der Waals surface area contributed by atoms with Gasteiger partial charge in [0.15, 0.2) is 15.6 Å². The van der Waals surface area contributed by atoms with E-state index in [1.54, 1.807) is 24.3 Å². The van der Waals surface area contributed by atoms with Gasteiger partial charge in [0.25, 0.3) is 0 Å². The summed E-state index contributed by atoms with van der Waals surface area (Å²) in [6.45, 7) is -0.753. The number of rotatable bonds is 7. The second kappa shape index (κ2) is 9.60. The highest BCUT2D eigenvalue weighted by Crippen LogP contribution is 2.45. The summed E-state index contributed by atoms with van der Waals surface area (Å²) in [6, 6.07) is 11.2. The van der Waals surface area contributed by atoms with Gasteiger partial charge in [0, 0.05) is 31.8 Å². The maximum atomic E-state index is 13.6. The van der Waals surface area contributed by atoms with Gasteiger partial charge in [-0.3, -0.25) is 9.69 Å². The number of benzene rings is 2. The summed E-state index contributed by atoms with van der Waals surface area (Å²) in [4.78, 5) is 29.3. The number of ether oxygens (including phenoxy) is 1. The minimum absolute atomic E-state index is 0.0520. The average molecular weight is 498 g/mol. The number of nitriles is 1. The number of Topliss-reactive ketones (excluding diaryl/α,β-unsaturated/α-hetero) is 1. The molecule has 0 bridgehead atoms. The number of methoxy groups -OCH3 is 1. The molecule has 0 radical (unpaired) electrons. The number of ketones is 1. The molecule has 1 unspecified atom stereocenters. The summed E-state index contributed by atoms with van der Waals surface area (Å²) in [5.41, 5.74) is 2.02. The summed E-state index contributed by atoms with van der Waals surface area (Å²) in [6.07, 6.45) is 0.468. The zero-order valence-electron chi connectivity index (χ0n) is 19.3. The first kappa shape index (κ1) is 24.6. The quantitative estimate of drug-likeness (QED) is 0.578. The molecule has 0 aromatic heterocycles. The van der Waals surface area contributed by atoms with Crippen LogP contribution in [0.2, 0.25) is 0 Å². The Morgan fingerprint density at radius 1 is 1.17 bits per heavy atom. The van der Waals surface area contributed by atoms with Crippen molar-refractivity contribution in [1.82, 2.24) is 4.90 Å². The molecule has 2 amide bonds. The highest BCUT2D eigenvalue weighted by molar-refractivity contribution is 7.91. The molecular weight excluding hydrogens is 473 g/mol. The van der Waals surface area contributed by atoms with Gasteiger partial charge in [0.05, 0.1) is 40.6 Å². The summed E-state index contributed by atoms with van der Waals surface area (Å²) in [5.74, 6) is -0.516. The number of likely N-dealkylation sites (N-methyl/N-ethyl adjacent to an activating group) is 1. The van der Waals surface area contributed by atoms with Crippen molar-refractivity contribution >= 4 is 27.3 Å². The van der Waals surface area contributed by atoms with Crippen LogP contribution in [0.15, 0.2) is 58.6 Å². The number of nitrogens with zero attached hydrogens (tertiary/aromatic N) is 3. The maximum absolute atomic E-state index is 13.6. The van der Waals surface area contributed by atoms with Crippen molar-refractivity contribution in [2.75, 3.05) is 31.4 Å². The lowest BCUT2D eigenvalue weighted by atomic mass is 9.92. The van der Waals surface area contributed by atoms with Gasteiger partial charge in [-0.25, -0.2) is 17.6 Å². The summed E-state index contributed by atoms with van der Waals surface area (Å²) >= 11 is 0. The first-order valence-corrected chi connectivity index (χ1v) is 12.6. The molecule has 2 aromatic rings. The molecule has 1 aliphatic carbocycles. The molecule has 4 rings (SSSR count). The number of urea groups is 1. The van der Waals surface area contributed by atoms with Crippen LogP contribution in [-0.2, 0) is 26.0 Å². The fourth-order valence-electron chi connectivity index (χ4n) is 4.59. The lowest BCUT2D eigenvalue weighted by molar-refractivity contribution is -0.115. The van der Waals surface area contributed by atoms with Crippen LogP contribution in [0.5, 0.6) is 0 Å². The molecular formula is C25H24FN3O5S. The normalized spacial score (nSPS) is 18.2. The van der Waals surface area contributed by atoms with Crippen LogP contribution in [-0.4, -0.2) is 51.6 Å². The number of amides is 2. The molecule has 35 heavy (non-hydrogen) atoms. The van der Waals surface area contributed by atoms with Gasteiger partial charge in [-0.15, -0.1) is 0 Å². The number of sulfone groups is 1. The number of halogens is 1. The third-order valence-electron chi connectivity index (χ3n) is 6.28. The average Bonchev–Trinajstić information content (AvgIpc) is 3.24. The molecule has 0 N–H and O–H groups in total. The van der Waals surface area contributed by atoms with E-state index >= 15 is 0 Å². The van der Waals surface area contributed by atoms with Gasteiger partial charge in [0.1, 0.15) is 6.67 Å². The van der Waals surface area contributed by atoms with Gasteiger partial charge >= 0.3 is 6.03 Å². The molecule has 2 aliphatic rings. The van der Waals surface area contributed by atoms with E-state index in [9.17, 15) is 27.7 Å². The van der Waals surface area contributed by atoms with Crippen LogP contribution in [0.3, 0.4) is 0 Å². The number of hydrogen-bond donors (Lipinski definition) is 0. The van der Waals surface area contributed by atoms with E-state index in [1.807, 2.05) is 6.07 Å². The van der Waals surface area contributed by atoms with Gasteiger partial charge in [-0.05, 0) is 41.8 Å². The number of alkyl halides is 1. The Morgan fingerprint density at radius 2 is 1.94 bits per heavy atom. The van der Waals surface area contributed by atoms with Crippen LogP contribution >= 0.6 is 0 Å². The smallest absolute Gasteiger partial charge is 0.329 e. The third-order valence-corrected chi connectivity index (χ3v) is 8.00. The lowest BCUT2D eigenvalue weighted by Gasteiger charge is -2.40. The molecule has 10 heteroatoms. The summed E-state index contributed by atoms with van der Waals surface area (Å²) in [7, 11) is -1.02. The van der Waals surface area contributed by atoms with E-state index in [-0.39, 0.29) is 40.6 Å². The molecule has 0 fully saturated rings. The van der Waals surface area contributed by atoms with Crippen LogP contribution in [0.4, 0.5) is 14.9 Å². The minimum Gasteiger partial charge on any atom is -0.384 e. The number of allylic oxidation sites excluding steroid dienone is 1. The molecule has 8 nitrogen and oxygen atoms in total. The SMILES string of the molecule is COCCS(=O)(=O)c1cc(C#N)ccc1C1C2=C(CCC2=O)N(c2cccc(CF)c2)C(=O)N1C. The van der Waals surface area contributed by atoms with Crippen molar-refractivity contribution in [2.45, 2.75) is 30.5 Å². The van der Waals surface area contributed by atoms with E-state index in [1.165, 1.54) is 42.2 Å². The van der Waals surface area contributed by atoms with Gasteiger partial charge in [-0.2, -0.15) is 5.26 Å². The van der Waals surface area contributed by atoms with E-state index in [4.69, 9.17) is 4.74 Å². The molecule has 1 atom stereocenters. The number of hydrogen-bond acceptors (Lipinski definition) is 6. The molecule has 0 saturated carbocycles. The third kappa shape index (κ3) is 4.33. The van der Waals surface area contributed by atoms with Gasteiger partial charge < -0.3 is 9.64 Å². The highest BCUT2D eigenvalue weighted by atomic mass is 32.2. The first-order chi connectivity index (χ1) is 16.7. The van der Waals surface area contributed by atoms with Crippen molar-refractivity contribution in [3.05, 3.63) is 70.4 Å². The molecule has 0 saturated heterocycles. The van der Waals surface area contributed by atoms with E-state index in [0.717, 1.165) is 0 Å². The fourth-order valence-corrected chi connectivity index (χ4v) is 6.04. The van der Waals surface area contributed by atoms with Crippen molar-refractivity contribution in [1.29, 1.82) is 5.26 Å². The Hall–Kier alpha value is -3.55. The second-order valence-corrected chi connectivity index (χ2v) is 10.5. The largest absolute Gasteiger partial charge is 0.384 e. The molecule has 1 aliphatic heterocycles. The van der Waals surface area contributed by atoms with E-state index < -0.39 is 28.6 Å². The van der Waals surface area contributed by atoms with Crippen molar-refractivity contribution < 1.29 is 27.1 Å². The van der Waals surface area contributed by atoms with Crippen LogP contribution < -0.4 is 4.90 Å². The lowest BCUT2D eigenvalue weighted by Crippen LogP contribution is -2.48. The molecule has 182 valence electrons. The fraction of sp³-hybridized carbons (Fsp3) is 0.320. The molecule has 2 aromatic carbocycles. The van der Waals surface area contributed by atoms with Crippen molar-refractivity contribution in [3.63, 3.8) is 0 Å². The second-order valence-electron chi connectivity index (χ2n) is 8.39. The molecule has 0 spiro atoms. The predicted octanol–water partition coefficient (Wildman–Crippen LogP) is 3.68. The Morgan fingerprint density at radius 3 is 2.63 bits per heavy atom. The molecule has 1 heterocycles. The zero-order chi connectivity index (χ0) is 25.3. The predicted molar refractivity (Wildman–Crippen MR) is 126 cm³/mol. The topological polar surface area (TPSA) is 108 Å². The Bertz CT molecular complexity index is 1380. The Labute approximate surface area is 203 Å². The highest BCUT2D eigenvalue weighted by Gasteiger charge is 2.45. The Balaban J connectivity index is 1.92. The Kier molecular flexibility index (Phi) is 6.74. The van der Waals surface area contributed by atoms with Crippen molar-refractivity contribution in [2.24, 2.45) is 0 Å². The maximum Gasteiger partial charge on any atom is 0.329 e. The van der Waals surface area contributed by atoms with Crippen molar-refractivity contribution in [3.8, 4) is 6.07 Å². The van der Waals surface area contributed by atoms with E-state index in [0.29, 0.717) is 28.9 Å².